The lowest BCUT2D eigenvalue weighted by atomic mass is 10.1. The van der Waals surface area contributed by atoms with Gasteiger partial charge in [-0.3, -0.25) is 4.90 Å². The van der Waals surface area contributed by atoms with Gasteiger partial charge < -0.3 is 5.32 Å². The largest absolute Gasteiger partial charge is 0.314 e. The molecule has 0 bridgehead atoms. The summed E-state index contributed by atoms with van der Waals surface area (Å²) in [7, 11) is 0. The predicted octanol–water partition coefficient (Wildman–Crippen LogP) is 1.42. The Hall–Kier alpha value is 0.270. The van der Waals surface area contributed by atoms with Gasteiger partial charge in [-0.15, -0.1) is 0 Å². The molecule has 1 fully saturated rings. The molecule has 0 spiro atoms. The van der Waals surface area contributed by atoms with Gasteiger partial charge in [-0.25, -0.2) is 0 Å². The van der Waals surface area contributed by atoms with E-state index in [1.807, 2.05) is 0 Å². The molecule has 1 unspecified atom stereocenters. The van der Waals surface area contributed by atoms with Crippen LogP contribution in [0, 0.1) is 0 Å². The van der Waals surface area contributed by atoms with Gasteiger partial charge in [-0.05, 0) is 12.2 Å². The highest BCUT2D eigenvalue weighted by Crippen LogP contribution is 2.08. The van der Waals surface area contributed by atoms with E-state index in [2.05, 4.69) is 35.8 Å². The van der Waals surface area contributed by atoms with Crippen molar-refractivity contribution in [2.24, 2.45) is 0 Å². The zero-order chi connectivity index (χ0) is 9.52. The standard InChI is InChI=1S/C10H22N2S/c1-3-10-9-11-5-6-12(10)7-8-13-4-2/h10-11H,3-9H2,1-2H3. The lowest BCUT2D eigenvalue weighted by molar-refractivity contribution is 0.167. The Morgan fingerprint density at radius 2 is 2.31 bits per heavy atom. The number of nitrogens with one attached hydrogen (secondary N) is 1. The summed E-state index contributed by atoms with van der Waals surface area (Å²) in [6.07, 6.45) is 1.28. The van der Waals surface area contributed by atoms with Gasteiger partial charge in [0.05, 0.1) is 0 Å². The molecule has 2 nitrogen and oxygen atoms in total. The van der Waals surface area contributed by atoms with Gasteiger partial charge in [-0.1, -0.05) is 13.8 Å². The van der Waals surface area contributed by atoms with Crippen LogP contribution in [0.25, 0.3) is 0 Å². The van der Waals surface area contributed by atoms with E-state index in [4.69, 9.17) is 0 Å². The molecule has 78 valence electrons. The first-order valence-electron chi connectivity index (χ1n) is 5.41. The second-order valence-corrected chi connectivity index (χ2v) is 4.89. The van der Waals surface area contributed by atoms with Crippen LogP contribution in [0.1, 0.15) is 20.3 Å². The first-order chi connectivity index (χ1) is 6.38. The Morgan fingerprint density at radius 1 is 1.46 bits per heavy atom. The van der Waals surface area contributed by atoms with Gasteiger partial charge in [0.2, 0.25) is 0 Å². The van der Waals surface area contributed by atoms with Gasteiger partial charge in [0.25, 0.3) is 0 Å². The van der Waals surface area contributed by atoms with Gasteiger partial charge in [0, 0.05) is 38.0 Å². The van der Waals surface area contributed by atoms with Crippen LogP contribution in [0.15, 0.2) is 0 Å². The van der Waals surface area contributed by atoms with E-state index in [0.717, 1.165) is 6.04 Å². The van der Waals surface area contributed by atoms with E-state index in [1.165, 1.54) is 44.1 Å². The predicted molar refractivity (Wildman–Crippen MR) is 61.5 cm³/mol. The fourth-order valence-corrected chi connectivity index (χ4v) is 2.48. The van der Waals surface area contributed by atoms with Crippen LogP contribution in [0.2, 0.25) is 0 Å². The number of thioether (sulfide) groups is 1. The third-order valence-electron chi connectivity index (χ3n) is 2.67. The lowest BCUT2D eigenvalue weighted by Crippen LogP contribution is -2.51. The van der Waals surface area contributed by atoms with Crippen LogP contribution in [0.5, 0.6) is 0 Å². The first-order valence-corrected chi connectivity index (χ1v) is 6.56. The molecule has 0 aromatic rings. The zero-order valence-electron chi connectivity index (χ0n) is 8.88. The molecule has 0 amide bonds. The molecule has 1 rings (SSSR count). The molecule has 0 radical (unpaired) electrons. The van der Waals surface area contributed by atoms with Crippen molar-refractivity contribution in [2.45, 2.75) is 26.3 Å². The van der Waals surface area contributed by atoms with Gasteiger partial charge in [0.1, 0.15) is 0 Å². The molecule has 0 aliphatic carbocycles. The third-order valence-corrected chi connectivity index (χ3v) is 3.55. The summed E-state index contributed by atoms with van der Waals surface area (Å²) in [6, 6.07) is 0.784. The van der Waals surface area contributed by atoms with Crippen molar-refractivity contribution in [3.63, 3.8) is 0 Å². The maximum absolute atomic E-state index is 3.46. The van der Waals surface area contributed by atoms with Crippen LogP contribution in [-0.4, -0.2) is 48.6 Å². The molecule has 3 heteroatoms. The van der Waals surface area contributed by atoms with Crippen molar-refractivity contribution >= 4 is 11.8 Å². The van der Waals surface area contributed by atoms with Crippen LogP contribution >= 0.6 is 11.8 Å². The Bertz CT molecular complexity index is 130. The summed E-state index contributed by atoms with van der Waals surface area (Å²) in [5, 5.41) is 3.46. The van der Waals surface area contributed by atoms with Gasteiger partial charge in [-0.2, -0.15) is 11.8 Å². The third kappa shape index (κ3) is 3.88. The number of hydrogen-bond donors (Lipinski definition) is 1. The summed E-state index contributed by atoms with van der Waals surface area (Å²) in [6.45, 7) is 9.40. The highest BCUT2D eigenvalue weighted by atomic mass is 32.2. The van der Waals surface area contributed by atoms with Crippen molar-refractivity contribution in [2.75, 3.05) is 37.7 Å². The number of piperazine rings is 1. The maximum atomic E-state index is 3.46. The minimum absolute atomic E-state index is 0.784. The molecular weight excluding hydrogens is 180 g/mol. The summed E-state index contributed by atoms with van der Waals surface area (Å²) in [5.74, 6) is 2.55. The van der Waals surface area contributed by atoms with Crippen molar-refractivity contribution in [1.82, 2.24) is 10.2 Å². The van der Waals surface area contributed by atoms with E-state index in [9.17, 15) is 0 Å². The molecule has 1 atom stereocenters. The lowest BCUT2D eigenvalue weighted by Gasteiger charge is -2.35. The smallest absolute Gasteiger partial charge is 0.0218 e. The molecule has 0 aromatic heterocycles. The summed E-state index contributed by atoms with van der Waals surface area (Å²) in [5.41, 5.74) is 0. The van der Waals surface area contributed by atoms with E-state index in [-0.39, 0.29) is 0 Å². The van der Waals surface area contributed by atoms with Crippen LogP contribution < -0.4 is 5.32 Å². The molecule has 13 heavy (non-hydrogen) atoms. The fourth-order valence-electron chi connectivity index (χ4n) is 1.83. The van der Waals surface area contributed by atoms with Crippen LogP contribution in [0.4, 0.5) is 0 Å². The molecule has 0 aromatic carbocycles. The highest BCUT2D eigenvalue weighted by Gasteiger charge is 2.19. The molecular formula is C10H22N2S. The zero-order valence-corrected chi connectivity index (χ0v) is 9.70. The SMILES string of the molecule is CCSCCN1CCNCC1CC. The number of hydrogen-bond acceptors (Lipinski definition) is 3. The minimum Gasteiger partial charge on any atom is -0.314 e. The quantitative estimate of drug-likeness (QED) is 0.679. The molecule has 1 N–H and O–H groups in total. The Balaban J connectivity index is 2.19. The second kappa shape index (κ2) is 6.68. The van der Waals surface area contributed by atoms with E-state index >= 15 is 0 Å². The molecule has 1 heterocycles. The van der Waals surface area contributed by atoms with Crippen LogP contribution in [0.3, 0.4) is 0 Å². The van der Waals surface area contributed by atoms with Gasteiger partial charge >= 0.3 is 0 Å². The topological polar surface area (TPSA) is 15.3 Å². The molecule has 1 saturated heterocycles. The average molecular weight is 202 g/mol. The van der Waals surface area contributed by atoms with Crippen molar-refractivity contribution in [3.8, 4) is 0 Å². The molecule has 1 aliphatic heterocycles. The fraction of sp³-hybridized carbons (Fsp3) is 1.00. The van der Waals surface area contributed by atoms with Crippen LogP contribution in [-0.2, 0) is 0 Å². The second-order valence-electron chi connectivity index (χ2n) is 3.50. The van der Waals surface area contributed by atoms with E-state index in [1.54, 1.807) is 0 Å². The molecule has 1 aliphatic rings. The van der Waals surface area contributed by atoms with E-state index < -0.39 is 0 Å². The Kier molecular flexibility index (Phi) is 5.83. The average Bonchev–Trinajstić information content (AvgIpc) is 2.19. The van der Waals surface area contributed by atoms with E-state index in [0.29, 0.717) is 0 Å². The minimum atomic E-state index is 0.784. The summed E-state index contributed by atoms with van der Waals surface area (Å²) >= 11 is 2.05. The Labute approximate surface area is 86.5 Å². The summed E-state index contributed by atoms with van der Waals surface area (Å²) < 4.78 is 0. The maximum Gasteiger partial charge on any atom is 0.0218 e. The molecule has 0 saturated carbocycles. The highest BCUT2D eigenvalue weighted by molar-refractivity contribution is 7.99. The van der Waals surface area contributed by atoms with Crippen molar-refractivity contribution in [3.05, 3.63) is 0 Å². The number of rotatable bonds is 5. The number of nitrogens with zero attached hydrogens (tertiary/aromatic N) is 1. The Morgan fingerprint density at radius 3 is 3.00 bits per heavy atom. The van der Waals surface area contributed by atoms with Crippen molar-refractivity contribution in [1.29, 1.82) is 0 Å². The normalized spacial score (nSPS) is 24.9. The van der Waals surface area contributed by atoms with Gasteiger partial charge in [0.15, 0.2) is 0 Å². The first kappa shape index (κ1) is 11.3. The summed E-state index contributed by atoms with van der Waals surface area (Å²) in [4.78, 5) is 2.64. The van der Waals surface area contributed by atoms with Crippen molar-refractivity contribution < 1.29 is 0 Å². The monoisotopic (exact) mass is 202 g/mol.